The molecule has 0 atom stereocenters. The first kappa shape index (κ1) is 14.4. The summed E-state index contributed by atoms with van der Waals surface area (Å²) in [5.41, 5.74) is 0.409. The molecule has 0 aliphatic heterocycles. The fraction of sp³-hybridized carbons (Fsp3) is 0.0625. The maximum Gasteiger partial charge on any atom is 0.202 e. The molecule has 0 amide bonds. The number of benzene rings is 2. The zero-order chi connectivity index (χ0) is 14.8. The lowest BCUT2D eigenvalue weighted by atomic mass is 10.1. The van der Waals surface area contributed by atoms with Gasteiger partial charge < -0.3 is 4.74 Å². The van der Waals surface area contributed by atoms with E-state index in [0.717, 1.165) is 10.8 Å². The third-order valence-electron chi connectivity index (χ3n) is 3.07. The Labute approximate surface area is 135 Å². The van der Waals surface area contributed by atoms with Gasteiger partial charge in [-0.1, -0.05) is 59.6 Å². The molecule has 5 heteroatoms. The van der Waals surface area contributed by atoms with Crippen LogP contribution in [0.1, 0.15) is 10.4 Å². The van der Waals surface area contributed by atoms with Gasteiger partial charge in [0.2, 0.25) is 5.78 Å². The van der Waals surface area contributed by atoms with Gasteiger partial charge in [-0.2, -0.15) is 0 Å². The minimum atomic E-state index is -0.184. The van der Waals surface area contributed by atoms with Crippen LogP contribution >= 0.6 is 34.5 Å². The Balaban J connectivity index is 1.81. The van der Waals surface area contributed by atoms with Gasteiger partial charge in [0.05, 0.1) is 9.90 Å². The number of thiophene rings is 1. The van der Waals surface area contributed by atoms with Crippen LogP contribution in [0.15, 0.2) is 48.5 Å². The van der Waals surface area contributed by atoms with E-state index >= 15 is 0 Å². The summed E-state index contributed by atoms with van der Waals surface area (Å²) in [4.78, 5) is 12.1. The van der Waals surface area contributed by atoms with Crippen LogP contribution in [0.2, 0.25) is 8.67 Å². The largest absolute Gasteiger partial charge is 0.485 e. The Hall–Kier alpha value is -1.55. The van der Waals surface area contributed by atoms with Gasteiger partial charge in [-0.25, -0.2) is 0 Å². The topological polar surface area (TPSA) is 26.3 Å². The van der Waals surface area contributed by atoms with Crippen molar-refractivity contribution in [3.8, 4) is 5.75 Å². The van der Waals surface area contributed by atoms with Crippen LogP contribution in [0.3, 0.4) is 0 Å². The second kappa shape index (κ2) is 6.06. The molecular weight excluding hydrogens is 327 g/mol. The Morgan fingerprint density at radius 3 is 2.62 bits per heavy atom. The molecule has 3 aromatic rings. The first-order valence-electron chi connectivity index (χ1n) is 6.24. The van der Waals surface area contributed by atoms with Crippen LogP contribution < -0.4 is 4.74 Å². The van der Waals surface area contributed by atoms with Crippen molar-refractivity contribution < 1.29 is 9.53 Å². The molecular formula is C16H10Cl2O2S. The number of hydrogen-bond donors (Lipinski definition) is 0. The van der Waals surface area contributed by atoms with Gasteiger partial charge >= 0.3 is 0 Å². The minimum absolute atomic E-state index is 0.0687. The summed E-state index contributed by atoms with van der Waals surface area (Å²) in [6.07, 6.45) is 0. The standard InChI is InChI=1S/C16H10Cl2O2S/c17-15-8-12(16(18)21-15)13(19)9-20-14-7-3-5-10-4-1-2-6-11(10)14/h1-8H,9H2. The van der Waals surface area contributed by atoms with Gasteiger partial charge in [0.15, 0.2) is 6.61 Å². The lowest BCUT2D eigenvalue weighted by molar-refractivity contribution is 0.0923. The Kier molecular flexibility index (Phi) is 4.15. The van der Waals surface area contributed by atoms with Crippen molar-refractivity contribution >= 4 is 51.1 Å². The van der Waals surface area contributed by atoms with Gasteiger partial charge in [0.1, 0.15) is 10.1 Å². The fourth-order valence-corrected chi connectivity index (χ4v) is 3.57. The smallest absolute Gasteiger partial charge is 0.202 e. The Bertz CT molecular complexity index is 806. The number of fused-ring (bicyclic) bond motifs is 1. The molecule has 0 aliphatic rings. The maximum atomic E-state index is 12.1. The summed E-state index contributed by atoms with van der Waals surface area (Å²) < 4.78 is 6.54. The van der Waals surface area contributed by atoms with E-state index in [1.165, 1.54) is 11.3 Å². The summed E-state index contributed by atoms with van der Waals surface area (Å²) in [7, 11) is 0. The SMILES string of the molecule is O=C(COc1cccc2ccccc12)c1cc(Cl)sc1Cl. The van der Waals surface area contributed by atoms with Crippen molar-refractivity contribution in [1.29, 1.82) is 0 Å². The average Bonchev–Trinajstić information content (AvgIpc) is 2.83. The van der Waals surface area contributed by atoms with Crippen LogP contribution in [0.25, 0.3) is 10.8 Å². The number of rotatable bonds is 4. The summed E-state index contributed by atoms with van der Waals surface area (Å²) in [5.74, 6) is 0.495. The fourth-order valence-electron chi connectivity index (χ4n) is 2.07. The number of ether oxygens (including phenoxy) is 1. The predicted octanol–water partition coefficient (Wildman–Crippen LogP) is 5.47. The van der Waals surface area contributed by atoms with E-state index in [4.69, 9.17) is 27.9 Å². The minimum Gasteiger partial charge on any atom is -0.485 e. The highest BCUT2D eigenvalue weighted by Crippen LogP contribution is 2.32. The molecule has 0 aliphatic carbocycles. The number of Topliss-reactive ketones (excluding diaryl/α,β-unsaturated/α-hetero) is 1. The van der Waals surface area contributed by atoms with Crippen molar-refractivity contribution in [2.45, 2.75) is 0 Å². The van der Waals surface area contributed by atoms with Gasteiger partial charge in [-0.3, -0.25) is 4.79 Å². The number of carbonyl (C=O) groups is 1. The highest BCUT2D eigenvalue weighted by Gasteiger charge is 2.15. The highest BCUT2D eigenvalue weighted by atomic mass is 35.5. The summed E-state index contributed by atoms with van der Waals surface area (Å²) in [6.45, 7) is -0.0687. The van der Waals surface area contributed by atoms with E-state index in [0.29, 0.717) is 20.0 Å². The van der Waals surface area contributed by atoms with E-state index in [9.17, 15) is 4.79 Å². The monoisotopic (exact) mass is 336 g/mol. The quantitative estimate of drug-likeness (QED) is 0.590. The molecule has 0 N–H and O–H groups in total. The molecule has 0 bridgehead atoms. The lowest BCUT2D eigenvalue weighted by Gasteiger charge is -2.08. The zero-order valence-corrected chi connectivity index (χ0v) is 13.1. The summed E-state index contributed by atoms with van der Waals surface area (Å²) in [6, 6.07) is 15.2. The first-order valence-corrected chi connectivity index (χ1v) is 7.81. The van der Waals surface area contributed by atoms with Crippen molar-refractivity contribution in [3.05, 3.63) is 62.8 Å². The molecule has 0 spiro atoms. The Morgan fingerprint density at radius 1 is 1.10 bits per heavy atom. The second-order valence-electron chi connectivity index (χ2n) is 4.43. The third kappa shape index (κ3) is 3.05. The van der Waals surface area contributed by atoms with Crippen molar-refractivity contribution in [2.75, 3.05) is 6.61 Å². The van der Waals surface area contributed by atoms with Crippen LogP contribution in [0.5, 0.6) is 5.75 Å². The second-order valence-corrected chi connectivity index (χ2v) is 6.71. The average molecular weight is 337 g/mol. The molecule has 1 heterocycles. The number of hydrogen-bond acceptors (Lipinski definition) is 3. The van der Waals surface area contributed by atoms with E-state index in [1.807, 2.05) is 42.5 Å². The van der Waals surface area contributed by atoms with Gasteiger partial charge in [0, 0.05) is 5.39 Å². The molecule has 0 unspecified atom stereocenters. The zero-order valence-electron chi connectivity index (χ0n) is 10.8. The molecule has 1 aromatic heterocycles. The van der Waals surface area contributed by atoms with Gasteiger partial charge in [-0.05, 0) is 17.5 Å². The van der Waals surface area contributed by atoms with Gasteiger partial charge in [0.25, 0.3) is 0 Å². The molecule has 0 radical (unpaired) electrons. The molecule has 2 aromatic carbocycles. The third-order valence-corrected chi connectivity index (χ3v) is 4.55. The number of halogens is 2. The lowest BCUT2D eigenvalue weighted by Crippen LogP contribution is -2.11. The first-order chi connectivity index (χ1) is 10.1. The van der Waals surface area contributed by atoms with Crippen LogP contribution in [0, 0.1) is 0 Å². The maximum absolute atomic E-state index is 12.1. The molecule has 2 nitrogen and oxygen atoms in total. The highest BCUT2D eigenvalue weighted by molar-refractivity contribution is 7.20. The van der Waals surface area contributed by atoms with Crippen LogP contribution in [0.4, 0.5) is 0 Å². The molecule has 3 rings (SSSR count). The molecule has 0 saturated carbocycles. The van der Waals surface area contributed by atoms with Crippen molar-refractivity contribution in [2.24, 2.45) is 0 Å². The molecule has 0 fully saturated rings. The van der Waals surface area contributed by atoms with Gasteiger partial charge in [-0.15, -0.1) is 11.3 Å². The van der Waals surface area contributed by atoms with Crippen LogP contribution in [-0.2, 0) is 0 Å². The number of ketones is 1. The molecule has 21 heavy (non-hydrogen) atoms. The van der Waals surface area contributed by atoms with E-state index < -0.39 is 0 Å². The van der Waals surface area contributed by atoms with E-state index in [1.54, 1.807) is 6.07 Å². The number of carbonyl (C=O) groups excluding carboxylic acids is 1. The molecule has 106 valence electrons. The summed E-state index contributed by atoms with van der Waals surface area (Å²) >= 11 is 13.0. The predicted molar refractivity (Wildman–Crippen MR) is 88.1 cm³/mol. The Morgan fingerprint density at radius 2 is 1.86 bits per heavy atom. The summed E-state index contributed by atoms with van der Waals surface area (Å²) in [5, 5.41) is 2.04. The van der Waals surface area contributed by atoms with Crippen LogP contribution in [-0.4, -0.2) is 12.4 Å². The molecule has 0 saturated heterocycles. The van der Waals surface area contributed by atoms with E-state index in [2.05, 4.69) is 0 Å². The normalized spacial score (nSPS) is 10.8. The van der Waals surface area contributed by atoms with E-state index in [-0.39, 0.29) is 12.4 Å². The van der Waals surface area contributed by atoms with Crippen molar-refractivity contribution in [1.82, 2.24) is 0 Å². The van der Waals surface area contributed by atoms with Crippen molar-refractivity contribution in [3.63, 3.8) is 0 Å².